The maximum absolute atomic E-state index is 11.8. The van der Waals surface area contributed by atoms with E-state index in [0.29, 0.717) is 11.6 Å². The molecule has 0 fully saturated rings. The van der Waals surface area contributed by atoms with Gasteiger partial charge in [-0.2, -0.15) is 0 Å². The van der Waals surface area contributed by atoms with Crippen LogP contribution in [-0.2, 0) is 9.53 Å². The number of benzene rings is 1. The van der Waals surface area contributed by atoms with Gasteiger partial charge in [-0.1, -0.05) is 18.2 Å². The molecule has 2 rings (SSSR count). The number of carbonyl (C=O) groups is 2. The van der Waals surface area contributed by atoms with Crippen molar-refractivity contribution in [1.82, 2.24) is 5.32 Å². The van der Waals surface area contributed by atoms with E-state index in [9.17, 15) is 9.59 Å². The zero-order valence-corrected chi connectivity index (χ0v) is 11.1. The van der Waals surface area contributed by atoms with Gasteiger partial charge >= 0.3 is 6.09 Å². The van der Waals surface area contributed by atoms with Crippen LogP contribution in [0.25, 0.3) is 6.08 Å². The zero-order chi connectivity index (χ0) is 14.1. The molecule has 19 heavy (non-hydrogen) atoms. The van der Waals surface area contributed by atoms with Gasteiger partial charge in [-0.05, 0) is 32.9 Å². The van der Waals surface area contributed by atoms with Crippen LogP contribution < -0.4 is 15.9 Å². The highest BCUT2D eigenvalue weighted by atomic mass is 16.6. The van der Waals surface area contributed by atoms with Crippen LogP contribution in [0.5, 0.6) is 0 Å². The molecule has 1 atom stereocenters. The van der Waals surface area contributed by atoms with E-state index in [0.717, 1.165) is 5.22 Å². The monoisotopic (exact) mass is 260 g/mol. The molecule has 1 N–H and O–H groups in total. The molecule has 0 bridgehead atoms. The van der Waals surface area contributed by atoms with Gasteiger partial charge < -0.3 is 4.74 Å². The molecule has 1 aliphatic heterocycles. The lowest BCUT2D eigenvalue weighted by Crippen LogP contribution is -2.48. The van der Waals surface area contributed by atoms with Crippen LogP contribution in [0.1, 0.15) is 20.8 Å². The van der Waals surface area contributed by atoms with E-state index in [1.807, 2.05) is 18.2 Å². The Bertz CT molecular complexity index is 594. The van der Waals surface area contributed by atoms with E-state index in [2.05, 4.69) is 10.3 Å². The SMILES string of the molecule is CC(C)(C)OC(=O)NC1(C=O)C=c2ccccc2=N1. The van der Waals surface area contributed by atoms with Crippen LogP contribution in [-0.4, -0.2) is 23.6 Å². The number of ether oxygens (including phenoxy) is 1. The largest absolute Gasteiger partial charge is 0.444 e. The van der Waals surface area contributed by atoms with E-state index in [1.165, 1.54) is 0 Å². The summed E-state index contributed by atoms with van der Waals surface area (Å²) in [6.07, 6.45) is 1.53. The Labute approximate surface area is 111 Å². The van der Waals surface area contributed by atoms with Crippen LogP contribution in [0.15, 0.2) is 29.3 Å². The Morgan fingerprint density at radius 3 is 2.63 bits per heavy atom. The molecular formula is C14H16N2O3. The fraction of sp³-hybridized carbons (Fsp3) is 0.357. The summed E-state index contributed by atoms with van der Waals surface area (Å²) < 4.78 is 5.14. The zero-order valence-electron chi connectivity index (χ0n) is 11.1. The van der Waals surface area contributed by atoms with Crippen molar-refractivity contribution >= 4 is 18.5 Å². The molecule has 0 spiro atoms. The smallest absolute Gasteiger partial charge is 0.410 e. The van der Waals surface area contributed by atoms with Crippen molar-refractivity contribution in [1.29, 1.82) is 0 Å². The molecule has 0 saturated carbocycles. The maximum atomic E-state index is 11.8. The van der Waals surface area contributed by atoms with Crippen LogP contribution >= 0.6 is 0 Å². The van der Waals surface area contributed by atoms with Crippen molar-refractivity contribution in [2.45, 2.75) is 32.0 Å². The van der Waals surface area contributed by atoms with E-state index in [1.54, 1.807) is 32.9 Å². The summed E-state index contributed by atoms with van der Waals surface area (Å²) in [6.45, 7) is 5.26. The predicted molar refractivity (Wildman–Crippen MR) is 69.9 cm³/mol. The standard InChI is InChI=1S/C14H16N2O3/c1-13(2,3)19-12(18)16-14(9-17)8-10-6-4-5-7-11(10)15-14/h4-9H,1-3H3,(H,16,18). The third kappa shape index (κ3) is 2.99. The highest BCUT2D eigenvalue weighted by Crippen LogP contribution is 2.11. The van der Waals surface area contributed by atoms with Crippen molar-refractivity contribution in [2.24, 2.45) is 4.99 Å². The molecule has 1 unspecified atom stereocenters. The molecule has 0 radical (unpaired) electrons. The van der Waals surface area contributed by atoms with Crippen molar-refractivity contribution in [2.75, 3.05) is 0 Å². The third-order valence-corrected chi connectivity index (χ3v) is 2.50. The molecule has 0 aromatic heterocycles. The van der Waals surface area contributed by atoms with Gasteiger partial charge in [0.05, 0.1) is 5.36 Å². The van der Waals surface area contributed by atoms with Crippen molar-refractivity contribution < 1.29 is 14.3 Å². The summed E-state index contributed by atoms with van der Waals surface area (Å²) in [5.41, 5.74) is -1.99. The summed E-state index contributed by atoms with van der Waals surface area (Å²) in [7, 11) is 0. The van der Waals surface area contributed by atoms with Crippen molar-refractivity contribution in [3.05, 3.63) is 34.8 Å². The Balaban J connectivity index is 2.26. The molecule has 5 nitrogen and oxygen atoms in total. The number of carbonyl (C=O) groups excluding carboxylic acids is 2. The minimum Gasteiger partial charge on any atom is -0.444 e. The first-order valence-electron chi connectivity index (χ1n) is 5.99. The minimum absolute atomic E-state index is 0.594. The third-order valence-electron chi connectivity index (χ3n) is 2.50. The number of aldehydes is 1. The number of nitrogens with one attached hydrogen (secondary N) is 1. The maximum Gasteiger partial charge on any atom is 0.410 e. The van der Waals surface area contributed by atoms with Gasteiger partial charge in [-0.3, -0.25) is 10.1 Å². The van der Waals surface area contributed by atoms with Crippen LogP contribution in [0.2, 0.25) is 0 Å². The minimum atomic E-state index is -1.37. The van der Waals surface area contributed by atoms with Gasteiger partial charge in [-0.15, -0.1) is 0 Å². The van der Waals surface area contributed by atoms with Gasteiger partial charge in [0.25, 0.3) is 0 Å². The molecule has 5 heteroatoms. The number of rotatable bonds is 2. The average molecular weight is 260 g/mol. The predicted octanol–water partition coefficient (Wildman–Crippen LogP) is 0.520. The lowest BCUT2D eigenvalue weighted by Gasteiger charge is -2.24. The number of para-hydroxylation sites is 1. The number of hydrogen-bond acceptors (Lipinski definition) is 4. The van der Waals surface area contributed by atoms with Gasteiger partial charge in [0.2, 0.25) is 5.66 Å². The second kappa shape index (κ2) is 4.50. The van der Waals surface area contributed by atoms with E-state index in [4.69, 9.17) is 4.74 Å². The molecule has 1 amide bonds. The lowest BCUT2D eigenvalue weighted by molar-refractivity contribution is -0.111. The number of alkyl carbamates (subject to hydrolysis) is 1. The van der Waals surface area contributed by atoms with E-state index >= 15 is 0 Å². The summed E-state index contributed by atoms with van der Waals surface area (Å²) in [4.78, 5) is 27.3. The van der Waals surface area contributed by atoms with Crippen LogP contribution in [0.4, 0.5) is 4.79 Å². The molecule has 0 aliphatic carbocycles. The molecule has 0 saturated heterocycles. The topological polar surface area (TPSA) is 67.8 Å². The Morgan fingerprint density at radius 2 is 2.05 bits per heavy atom. The number of hydrogen-bond donors (Lipinski definition) is 1. The van der Waals surface area contributed by atoms with Gasteiger partial charge in [0, 0.05) is 5.22 Å². The van der Waals surface area contributed by atoms with Gasteiger partial charge in [0.1, 0.15) is 5.60 Å². The van der Waals surface area contributed by atoms with Gasteiger partial charge in [0.15, 0.2) is 6.29 Å². The second-order valence-electron chi connectivity index (χ2n) is 5.39. The first-order valence-corrected chi connectivity index (χ1v) is 5.99. The molecule has 1 heterocycles. The summed E-state index contributed by atoms with van der Waals surface area (Å²) >= 11 is 0. The second-order valence-corrected chi connectivity index (χ2v) is 5.39. The Morgan fingerprint density at radius 1 is 1.37 bits per heavy atom. The Kier molecular flexibility index (Phi) is 3.14. The number of nitrogens with zero attached hydrogens (tertiary/aromatic N) is 1. The summed E-state index contributed by atoms with van der Waals surface area (Å²) in [5, 5.41) is 3.98. The number of amides is 1. The van der Waals surface area contributed by atoms with E-state index in [-0.39, 0.29) is 0 Å². The molecule has 1 aromatic carbocycles. The average Bonchev–Trinajstić information content (AvgIpc) is 2.64. The van der Waals surface area contributed by atoms with Gasteiger partial charge in [-0.25, -0.2) is 9.79 Å². The molecule has 1 aliphatic rings. The van der Waals surface area contributed by atoms with Crippen molar-refractivity contribution in [3.63, 3.8) is 0 Å². The fourth-order valence-electron chi connectivity index (χ4n) is 1.80. The van der Waals surface area contributed by atoms with Crippen LogP contribution in [0, 0.1) is 0 Å². The molecule has 1 aromatic rings. The fourth-order valence-corrected chi connectivity index (χ4v) is 1.80. The summed E-state index contributed by atoms with van der Waals surface area (Å²) in [6, 6.07) is 7.29. The highest BCUT2D eigenvalue weighted by molar-refractivity contribution is 5.84. The lowest BCUT2D eigenvalue weighted by atomic mass is 10.2. The first kappa shape index (κ1) is 13.3. The Hall–Kier alpha value is -2.17. The molecule has 100 valence electrons. The van der Waals surface area contributed by atoms with E-state index < -0.39 is 17.4 Å². The quantitative estimate of drug-likeness (QED) is 0.788. The number of fused-ring (bicyclic) bond motifs is 1. The normalized spacial score (nSPS) is 20.8. The van der Waals surface area contributed by atoms with Crippen molar-refractivity contribution in [3.8, 4) is 0 Å². The van der Waals surface area contributed by atoms with Crippen LogP contribution in [0.3, 0.4) is 0 Å². The highest BCUT2D eigenvalue weighted by Gasteiger charge is 2.32. The molecular weight excluding hydrogens is 244 g/mol. The first-order chi connectivity index (χ1) is 8.84. The summed E-state index contributed by atoms with van der Waals surface area (Å²) in [5.74, 6) is 0.